The van der Waals surface area contributed by atoms with Crippen LogP contribution < -0.4 is 0 Å². The van der Waals surface area contributed by atoms with E-state index in [1.165, 1.54) is 0 Å². The molecule has 1 atom stereocenters. The third-order valence-electron chi connectivity index (χ3n) is 3.01. The summed E-state index contributed by atoms with van der Waals surface area (Å²) in [5.41, 5.74) is 1.59. The summed E-state index contributed by atoms with van der Waals surface area (Å²) < 4.78 is 0. The second-order valence-electron chi connectivity index (χ2n) is 4.47. The molecule has 1 aromatic rings. The number of pyridine rings is 1. The van der Waals surface area contributed by atoms with Gasteiger partial charge in [0, 0.05) is 25.5 Å². The fourth-order valence-electron chi connectivity index (χ4n) is 2.12. The van der Waals surface area contributed by atoms with Gasteiger partial charge in [-0.3, -0.25) is 9.78 Å². The molecule has 4 heteroatoms. The molecule has 0 radical (unpaired) electrons. The van der Waals surface area contributed by atoms with Crippen LogP contribution in [0.2, 0.25) is 0 Å². The third kappa shape index (κ3) is 2.62. The van der Waals surface area contributed by atoms with Crippen molar-refractivity contribution in [1.82, 2.24) is 9.88 Å². The smallest absolute Gasteiger partial charge is 0.255 e. The SMILES string of the molecule is Cc1cncc(C(=O)N2CCCC(C#N)C2)c1. The lowest BCUT2D eigenvalue weighted by Gasteiger charge is -2.29. The van der Waals surface area contributed by atoms with E-state index in [4.69, 9.17) is 5.26 Å². The van der Waals surface area contributed by atoms with Crippen LogP contribution in [0.15, 0.2) is 18.5 Å². The van der Waals surface area contributed by atoms with Gasteiger partial charge >= 0.3 is 0 Å². The monoisotopic (exact) mass is 229 g/mol. The van der Waals surface area contributed by atoms with E-state index in [2.05, 4.69) is 11.1 Å². The molecule has 1 amide bonds. The number of hydrogen-bond acceptors (Lipinski definition) is 3. The van der Waals surface area contributed by atoms with Gasteiger partial charge in [-0.1, -0.05) is 0 Å². The summed E-state index contributed by atoms with van der Waals surface area (Å²) >= 11 is 0. The number of nitriles is 1. The van der Waals surface area contributed by atoms with Gasteiger partial charge in [0.15, 0.2) is 0 Å². The van der Waals surface area contributed by atoms with E-state index in [9.17, 15) is 4.79 Å². The van der Waals surface area contributed by atoms with Crippen molar-refractivity contribution in [2.24, 2.45) is 5.92 Å². The van der Waals surface area contributed by atoms with Crippen LogP contribution in [0, 0.1) is 24.2 Å². The Hall–Kier alpha value is -1.89. The number of amides is 1. The van der Waals surface area contributed by atoms with Gasteiger partial charge in [-0.2, -0.15) is 5.26 Å². The minimum atomic E-state index is -0.0227. The van der Waals surface area contributed by atoms with E-state index in [1.54, 1.807) is 17.3 Å². The summed E-state index contributed by atoms with van der Waals surface area (Å²) in [5.74, 6) is -0.0355. The maximum Gasteiger partial charge on any atom is 0.255 e. The van der Waals surface area contributed by atoms with Gasteiger partial charge in [0.2, 0.25) is 0 Å². The van der Waals surface area contributed by atoms with Crippen molar-refractivity contribution in [3.63, 3.8) is 0 Å². The van der Waals surface area contributed by atoms with Gasteiger partial charge < -0.3 is 4.90 Å². The normalized spacial score (nSPS) is 19.8. The molecule has 0 N–H and O–H groups in total. The Morgan fingerprint density at radius 2 is 2.41 bits per heavy atom. The maximum atomic E-state index is 12.2. The number of piperidine rings is 1. The molecule has 0 bridgehead atoms. The van der Waals surface area contributed by atoms with Crippen molar-refractivity contribution >= 4 is 5.91 Å². The van der Waals surface area contributed by atoms with Crippen LogP contribution in [-0.4, -0.2) is 28.9 Å². The summed E-state index contributed by atoms with van der Waals surface area (Å²) in [5, 5.41) is 8.90. The number of aryl methyl sites for hydroxylation is 1. The third-order valence-corrected chi connectivity index (χ3v) is 3.01. The molecule has 17 heavy (non-hydrogen) atoms. The van der Waals surface area contributed by atoms with E-state index in [-0.39, 0.29) is 11.8 Å². The zero-order valence-electron chi connectivity index (χ0n) is 9.89. The molecule has 1 fully saturated rings. The van der Waals surface area contributed by atoms with E-state index in [1.807, 2.05) is 13.0 Å². The number of rotatable bonds is 1. The molecule has 2 rings (SSSR count). The molecule has 0 aromatic carbocycles. The Morgan fingerprint density at radius 1 is 1.59 bits per heavy atom. The Labute approximate surface area is 101 Å². The first-order chi connectivity index (χ1) is 8.20. The van der Waals surface area contributed by atoms with Crippen LogP contribution in [-0.2, 0) is 0 Å². The van der Waals surface area contributed by atoms with Gasteiger partial charge in [-0.15, -0.1) is 0 Å². The first kappa shape index (κ1) is 11.6. The standard InChI is InChI=1S/C13H15N3O/c1-10-5-12(8-15-7-10)13(17)16-4-2-3-11(6-14)9-16/h5,7-8,11H,2-4,9H2,1H3. The molecule has 0 saturated carbocycles. The van der Waals surface area contributed by atoms with Crippen LogP contribution in [0.4, 0.5) is 0 Å². The molecule has 88 valence electrons. The summed E-state index contributed by atoms with van der Waals surface area (Å²) in [4.78, 5) is 18.0. The molecule has 1 unspecified atom stereocenters. The lowest BCUT2D eigenvalue weighted by molar-refractivity contribution is 0.0698. The molecule has 0 spiro atoms. The Balaban J connectivity index is 2.12. The highest BCUT2D eigenvalue weighted by molar-refractivity contribution is 5.94. The highest BCUT2D eigenvalue weighted by atomic mass is 16.2. The Kier molecular flexibility index (Phi) is 3.38. The lowest BCUT2D eigenvalue weighted by atomic mass is 9.99. The summed E-state index contributed by atoms with van der Waals surface area (Å²) in [6.07, 6.45) is 5.12. The van der Waals surface area contributed by atoms with Crippen molar-refractivity contribution in [2.45, 2.75) is 19.8 Å². The van der Waals surface area contributed by atoms with Crippen molar-refractivity contribution in [1.29, 1.82) is 5.26 Å². The van der Waals surface area contributed by atoms with E-state index in [0.29, 0.717) is 12.1 Å². The van der Waals surface area contributed by atoms with E-state index < -0.39 is 0 Å². The number of nitrogens with zero attached hydrogens (tertiary/aromatic N) is 3. The summed E-state index contributed by atoms with van der Waals surface area (Å²) in [7, 11) is 0. The largest absolute Gasteiger partial charge is 0.337 e. The molecule has 1 aliphatic rings. The quantitative estimate of drug-likeness (QED) is 0.737. The zero-order chi connectivity index (χ0) is 12.3. The molecular weight excluding hydrogens is 214 g/mol. The average molecular weight is 229 g/mol. The summed E-state index contributed by atoms with van der Waals surface area (Å²) in [6, 6.07) is 4.08. The highest BCUT2D eigenvalue weighted by Gasteiger charge is 2.24. The minimum absolute atomic E-state index is 0.0128. The number of likely N-dealkylation sites (tertiary alicyclic amines) is 1. The van der Waals surface area contributed by atoms with Gasteiger partial charge in [0.05, 0.1) is 17.6 Å². The van der Waals surface area contributed by atoms with Crippen molar-refractivity contribution in [3.05, 3.63) is 29.6 Å². The second-order valence-corrected chi connectivity index (χ2v) is 4.47. The lowest BCUT2D eigenvalue weighted by Crippen LogP contribution is -2.39. The van der Waals surface area contributed by atoms with Gasteiger partial charge in [-0.05, 0) is 31.4 Å². The Morgan fingerprint density at radius 3 is 3.12 bits per heavy atom. The molecule has 1 aliphatic heterocycles. The summed E-state index contributed by atoms with van der Waals surface area (Å²) in [6.45, 7) is 3.20. The van der Waals surface area contributed by atoms with Crippen LogP contribution in [0.25, 0.3) is 0 Å². The van der Waals surface area contributed by atoms with Crippen molar-refractivity contribution in [2.75, 3.05) is 13.1 Å². The predicted molar refractivity (Wildman–Crippen MR) is 63.2 cm³/mol. The van der Waals surface area contributed by atoms with Crippen LogP contribution in [0.1, 0.15) is 28.8 Å². The molecule has 2 heterocycles. The van der Waals surface area contributed by atoms with Gasteiger partial charge in [-0.25, -0.2) is 0 Å². The molecule has 1 aromatic heterocycles. The second kappa shape index (κ2) is 4.96. The molecular formula is C13H15N3O. The van der Waals surface area contributed by atoms with E-state index in [0.717, 1.165) is 24.9 Å². The van der Waals surface area contributed by atoms with E-state index >= 15 is 0 Å². The predicted octanol–water partition coefficient (Wildman–Crippen LogP) is 1.77. The number of aromatic nitrogens is 1. The van der Waals surface area contributed by atoms with Crippen LogP contribution in [0.3, 0.4) is 0 Å². The van der Waals surface area contributed by atoms with Crippen LogP contribution >= 0.6 is 0 Å². The molecule has 4 nitrogen and oxygen atoms in total. The van der Waals surface area contributed by atoms with Crippen molar-refractivity contribution < 1.29 is 4.79 Å². The Bertz CT molecular complexity index is 464. The topological polar surface area (TPSA) is 57.0 Å². The first-order valence-electron chi connectivity index (χ1n) is 5.81. The molecule has 1 saturated heterocycles. The molecule has 0 aliphatic carbocycles. The number of hydrogen-bond donors (Lipinski definition) is 0. The number of carbonyl (C=O) groups is 1. The first-order valence-corrected chi connectivity index (χ1v) is 5.81. The van der Waals surface area contributed by atoms with Crippen LogP contribution in [0.5, 0.6) is 0 Å². The average Bonchev–Trinajstić information content (AvgIpc) is 2.38. The number of carbonyl (C=O) groups excluding carboxylic acids is 1. The van der Waals surface area contributed by atoms with Crippen molar-refractivity contribution in [3.8, 4) is 6.07 Å². The zero-order valence-corrected chi connectivity index (χ0v) is 9.89. The highest BCUT2D eigenvalue weighted by Crippen LogP contribution is 2.17. The van der Waals surface area contributed by atoms with Gasteiger partial charge in [0.1, 0.15) is 0 Å². The van der Waals surface area contributed by atoms with Gasteiger partial charge in [0.25, 0.3) is 5.91 Å². The fourth-order valence-corrected chi connectivity index (χ4v) is 2.12. The fraction of sp³-hybridized carbons (Fsp3) is 0.462. The maximum absolute atomic E-state index is 12.2. The minimum Gasteiger partial charge on any atom is -0.337 e.